The molecular formula is C19H28F3IN4O. The number of likely N-dealkylation sites (tertiary alicyclic amines) is 1. The van der Waals surface area contributed by atoms with Crippen molar-refractivity contribution in [3.63, 3.8) is 0 Å². The summed E-state index contributed by atoms with van der Waals surface area (Å²) in [7, 11) is 0. The van der Waals surface area contributed by atoms with Crippen molar-refractivity contribution in [1.82, 2.24) is 15.5 Å². The molecule has 28 heavy (non-hydrogen) atoms. The molecule has 0 aliphatic carbocycles. The summed E-state index contributed by atoms with van der Waals surface area (Å²) in [5.74, 6) is 0.746. The number of hydrogen-bond acceptors (Lipinski definition) is 2. The summed E-state index contributed by atoms with van der Waals surface area (Å²) in [6, 6.07) is 5.17. The van der Waals surface area contributed by atoms with E-state index in [2.05, 4.69) is 15.6 Å². The van der Waals surface area contributed by atoms with Crippen LogP contribution >= 0.6 is 24.0 Å². The number of hydrogen-bond donors (Lipinski definition) is 2. The highest BCUT2D eigenvalue weighted by Gasteiger charge is 2.29. The second-order valence-corrected chi connectivity index (χ2v) is 6.47. The molecule has 0 saturated carbocycles. The summed E-state index contributed by atoms with van der Waals surface area (Å²) in [5.41, 5.74) is 0.173. The molecule has 1 amide bonds. The molecule has 2 rings (SSSR count). The van der Waals surface area contributed by atoms with Crippen LogP contribution in [0.25, 0.3) is 0 Å². The SMILES string of the molecule is CCNC(=NCCC(=O)N1CCCC1)NCCc1ccc(C(F)(F)F)cc1.I. The predicted octanol–water partition coefficient (Wildman–Crippen LogP) is 3.43. The van der Waals surface area contributed by atoms with Crippen molar-refractivity contribution in [2.45, 2.75) is 38.8 Å². The fraction of sp³-hybridized carbons (Fsp3) is 0.579. The zero-order valence-electron chi connectivity index (χ0n) is 16.0. The standard InChI is InChI=1S/C19H27F3N4O.HI/c1-2-23-18(25-12-10-17(27)26-13-3-4-14-26)24-11-9-15-5-7-16(8-6-15)19(20,21)22;/h5-8H,2-4,9-14H2,1H3,(H2,23,24,25);1H. The lowest BCUT2D eigenvalue weighted by molar-refractivity contribution is -0.137. The van der Waals surface area contributed by atoms with E-state index in [-0.39, 0.29) is 29.9 Å². The summed E-state index contributed by atoms with van der Waals surface area (Å²) in [4.78, 5) is 18.3. The molecule has 0 unspecified atom stereocenters. The van der Waals surface area contributed by atoms with E-state index in [0.29, 0.717) is 38.4 Å². The Morgan fingerprint density at radius 1 is 1.14 bits per heavy atom. The van der Waals surface area contributed by atoms with Gasteiger partial charge in [0.25, 0.3) is 0 Å². The van der Waals surface area contributed by atoms with Crippen LogP contribution in [0.15, 0.2) is 29.3 Å². The normalized spacial score (nSPS) is 14.6. The quantitative estimate of drug-likeness (QED) is 0.335. The molecule has 1 aromatic carbocycles. The molecule has 1 aliphatic heterocycles. The molecule has 1 heterocycles. The van der Waals surface area contributed by atoms with Crippen molar-refractivity contribution in [3.05, 3.63) is 35.4 Å². The highest BCUT2D eigenvalue weighted by molar-refractivity contribution is 14.0. The van der Waals surface area contributed by atoms with E-state index in [4.69, 9.17) is 0 Å². The molecule has 1 saturated heterocycles. The van der Waals surface area contributed by atoms with E-state index < -0.39 is 11.7 Å². The van der Waals surface area contributed by atoms with Crippen LogP contribution in [-0.4, -0.2) is 49.5 Å². The van der Waals surface area contributed by atoms with E-state index >= 15 is 0 Å². The molecular weight excluding hydrogens is 484 g/mol. The molecule has 0 aromatic heterocycles. The third-order valence-corrected chi connectivity index (χ3v) is 4.39. The Morgan fingerprint density at radius 3 is 2.36 bits per heavy atom. The van der Waals surface area contributed by atoms with E-state index in [1.54, 1.807) is 0 Å². The second kappa shape index (κ2) is 12.1. The number of guanidine groups is 1. The first-order valence-corrected chi connectivity index (χ1v) is 9.36. The van der Waals surface area contributed by atoms with Crippen molar-refractivity contribution in [2.24, 2.45) is 4.99 Å². The molecule has 1 aromatic rings. The Kier molecular flexibility index (Phi) is 10.6. The molecule has 158 valence electrons. The maximum absolute atomic E-state index is 12.6. The summed E-state index contributed by atoms with van der Waals surface area (Å²) in [6.45, 7) is 5.26. The van der Waals surface area contributed by atoms with Gasteiger partial charge in [-0.25, -0.2) is 0 Å². The lowest BCUT2D eigenvalue weighted by Crippen LogP contribution is -2.38. The Morgan fingerprint density at radius 2 is 1.79 bits per heavy atom. The topological polar surface area (TPSA) is 56.7 Å². The third-order valence-electron chi connectivity index (χ3n) is 4.39. The van der Waals surface area contributed by atoms with E-state index in [9.17, 15) is 18.0 Å². The zero-order chi connectivity index (χ0) is 19.7. The lowest BCUT2D eigenvalue weighted by Gasteiger charge is -2.15. The van der Waals surface area contributed by atoms with Crippen molar-refractivity contribution >= 4 is 35.8 Å². The largest absolute Gasteiger partial charge is 0.416 e. The number of amides is 1. The monoisotopic (exact) mass is 512 g/mol. The predicted molar refractivity (Wildman–Crippen MR) is 115 cm³/mol. The van der Waals surface area contributed by atoms with Crippen LogP contribution in [0.2, 0.25) is 0 Å². The average Bonchev–Trinajstić information content (AvgIpc) is 3.16. The molecule has 0 bridgehead atoms. The van der Waals surface area contributed by atoms with Gasteiger partial charge in [0.1, 0.15) is 0 Å². The van der Waals surface area contributed by atoms with Crippen LogP contribution in [0.3, 0.4) is 0 Å². The van der Waals surface area contributed by atoms with Crippen molar-refractivity contribution in [3.8, 4) is 0 Å². The maximum Gasteiger partial charge on any atom is 0.416 e. The number of nitrogens with one attached hydrogen (secondary N) is 2. The first-order chi connectivity index (χ1) is 12.9. The minimum atomic E-state index is -4.31. The Hall–Kier alpha value is -1.52. The maximum atomic E-state index is 12.6. The Balaban J connectivity index is 0.00000392. The number of benzene rings is 1. The third kappa shape index (κ3) is 8.24. The van der Waals surface area contributed by atoms with Crippen molar-refractivity contribution in [1.29, 1.82) is 0 Å². The number of alkyl halides is 3. The molecule has 2 N–H and O–H groups in total. The highest BCUT2D eigenvalue weighted by Crippen LogP contribution is 2.29. The fourth-order valence-corrected chi connectivity index (χ4v) is 2.92. The summed E-state index contributed by atoms with van der Waals surface area (Å²) >= 11 is 0. The van der Waals surface area contributed by atoms with Gasteiger partial charge in [0, 0.05) is 32.6 Å². The van der Waals surface area contributed by atoms with Gasteiger partial charge in [-0.2, -0.15) is 13.2 Å². The number of carbonyl (C=O) groups is 1. The van der Waals surface area contributed by atoms with Gasteiger partial charge in [-0.05, 0) is 43.9 Å². The minimum absolute atomic E-state index is 0. The second-order valence-electron chi connectivity index (χ2n) is 6.47. The number of nitrogens with zero attached hydrogens (tertiary/aromatic N) is 2. The van der Waals surface area contributed by atoms with Crippen LogP contribution < -0.4 is 10.6 Å². The van der Waals surface area contributed by atoms with Gasteiger partial charge in [-0.1, -0.05) is 12.1 Å². The molecule has 1 fully saturated rings. The van der Waals surface area contributed by atoms with Crippen molar-refractivity contribution < 1.29 is 18.0 Å². The highest BCUT2D eigenvalue weighted by atomic mass is 127. The van der Waals surface area contributed by atoms with Gasteiger partial charge in [0.2, 0.25) is 5.91 Å². The molecule has 0 spiro atoms. The first-order valence-electron chi connectivity index (χ1n) is 9.36. The van der Waals surface area contributed by atoms with Gasteiger partial charge < -0.3 is 15.5 Å². The molecule has 1 aliphatic rings. The van der Waals surface area contributed by atoms with Crippen LogP contribution in [0, 0.1) is 0 Å². The van der Waals surface area contributed by atoms with Gasteiger partial charge in [-0.3, -0.25) is 9.79 Å². The van der Waals surface area contributed by atoms with Crippen LogP contribution in [0.1, 0.15) is 37.3 Å². The van der Waals surface area contributed by atoms with Gasteiger partial charge in [0.15, 0.2) is 5.96 Å². The van der Waals surface area contributed by atoms with E-state index in [0.717, 1.165) is 43.6 Å². The molecule has 5 nitrogen and oxygen atoms in total. The fourth-order valence-electron chi connectivity index (χ4n) is 2.92. The summed E-state index contributed by atoms with van der Waals surface area (Å²) in [5, 5.41) is 6.26. The first kappa shape index (κ1) is 24.5. The average molecular weight is 512 g/mol. The van der Waals surface area contributed by atoms with E-state index in [1.165, 1.54) is 12.1 Å². The molecule has 9 heteroatoms. The molecule has 0 radical (unpaired) electrons. The van der Waals surface area contributed by atoms with Gasteiger partial charge in [-0.15, -0.1) is 24.0 Å². The summed E-state index contributed by atoms with van der Waals surface area (Å²) in [6.07, 6.45) is -1.20. The van der Waals surface area contributed by atoms with Crippen LogP contribution in [-0.2, 0) is 17.4 Å². The van der Waals surface area contributed by atoms with Gasteiger partial charge >= 0.3 is 6.18 Å². The molecule has 0 atom stereocenters. The minimum Gasteiger partial charge on any atom is -0.357 e. The Labute approximate surface area is 181 Å². The van der Waals surface area contributed by atoms with Crippen molar-refractivity contribution in [2.75, 3.05) is 32.7 Å². The van der Waals surface area contributed by atoms with E-state index in [1.807, 2.05) is 11.8 Å². The van der Waals surface area contributed by atoms with Gasteiger partial charge in [0.05, 0.1) is 12.1 Å². The summed E-state index contributed by atoms with van der Waals surface area (Å²) < 4.78 is 37.7. The number of rotatable bonds is 7. The number of halogens is 4. The zero-order valence-corrected chi connectivity index (χ0v) is 18.3. The number of aliphatic imine (C=N–C) groups is 1. The Bertz CT molecular complexity index is 629. The van der Waals surface area contributed by atoms with Crippen LogP contribution in [0.5, 0.6) is 0 Å². The van der Waals surface area contributed by atoms with Crippen LogP contribution in [0.4, 0.5) is 13.2 Å². The smallest absolute Gasteiger partial charge is 0.357 e. The number of carbonyl (C=O) groups excluding carboxylic acids is 1. The lowest BCUT2D eigenvalue weighted by atomic mass is 10.1.